The van der Waals surface area contributed by atoms with E-state index in [1.165, 1.54) is 0 Å². The summed E-state index contributed by atoms with van der Waals surface area (Å²) in [6.07, 6.45) is 1.63. The van der Waals surface area contributed by atoms with Crippen LogP contribution in [0.1, 0.15) is 37.2 Å². The van der Waals surface area contributed by atoms with Crippen LogP contribution in [0.2, 0.25) is 0 Å². The highest BCUT2D eigenvalue weighted by Crippen LogP contribution is 2.08. The molecule has 1 amide bonds. The molecule has 7 heteroatoms. The molecule has 0 spiro atoms. The van der Waals surface area contributed by atoms with Crippen LogP contribution in [0, 0.1) is 5.21 Å². The van der Waals surface area contributed by atoms with Crippen LogP contribution in [0.5, 0.6) is 0 Å². The van der Waals surface area contributed by atoms with Crippen molar-refractivity contribution in [1.82, 2.24) is 10.1 Å². The summed E-state index contributed by atoms with van der Waals surface area (Å²) in [5.74, 6) is -0.602. The molecule has 7 nitrogen and oxygen atoms in total. The Morgan fingerprint density at radius 3 is 2.44 bits per heavy atom. The van der Waals surface area contributed by atoms with Crippen LogP contribution in [0.4, 0.5) is 5.82 Å². The smallest absolute Gasteiger partial charge is 0.318 e. The average molecular weight is 228 g/mol. The number of nitrogen functional groups attached to an aromatic ring is 1. The Balaban J connectivity index is 2.89. The van der Waals surface area contributed by atoms with E-state index in [1.54, 1.807) is 4.90 Å². The van der Waals surface area contributed by atoms with Crippen molar-refractivity contribution in [2.75, 3.05) is 18.8 Å². The van der Waals surface area contributed by atoms with Crippen LogP contribution >= 0.6 is 0 Å². The number of anilines is 1. The molecule has 0 atom stereocenters. The van der Waals surface area contributed by atoms with Gasteiger partial charge in [0.25, 0.3) is 0 Å². The van der Waals surface area contributed by atoms with Gasteiger partial charge in [0, 0.05) is 13.1 Å². The highest BCUT2D eigenvalue weighted by molar-refractivity contribution is 5.94. The molecule has 0 aliphatic carbocycles. The van der Waals surface area contributed by atoms with Crippen molar-refractivity contribution in [2.24, 2.45) is 0 Å². The van der Waals surface area contributed by atoms with Gasteiger partial charge in [-0.2, -0.15) is 0 Å². The molecule has 0 saturated carbocycles. The van der Waals surface area contributed by atoms with Crippen molar-refractivity contribution in [3.05, 3.63) is 10.9 Å². The van der Waals surface area contributed by atoms with Crippen molar-refractivity contribution < 1.29 is 14.3 Å². The molecular formula is C9H16N4O3. The zero-order valence-corrected chi connectivity index (χ0v) is 9.47. The van der Waals surface area contributed by atoms with Crippen molar-refractivity contribution in [1.29, 1.82) is 0 Å². The van der Waals surface area contributed by atoms with Gasteiger partial charge in [-0.3, -0.25) is 9.42 Å². The summed E-state index contributed by atoms with van der Waals surface area (Å²) in [4.78, 5) is 13.6. The van der Waals surface area contributed by atoms with Crippen LogP contribution in [0.3, 0.4) is 0 Å². The first-order valence-electron chi connectivity index (χ1n) is 5.26. The SMILES string of the molecule is CCCN(CCC)C(=O)c1c(N)no[n+]1[O-]. The van der Waals surface area contributed by atoms with E-state index in [2.05, 4.69) is 9.79 Å². The first-order chi connectivity index (χ1) is 7.61. The molecule has 0 bridgehead atoms. The fourth-order valence-electron chi connectivity index (χ4n) is 1.45. The number of hydrogen-bond donors (Lipinski definition) is 1. The van der Waals surface area contributed by atoms with Gasteiger partial charge in [0.05, 0.1) is 5.16 Å². The molecule has 0 saturated heterocycles. The Bertz CT molecular complexity index is 338. The van der Waals surface area contributed by atoms with Crippen LogP contribution in [0.15, 0.2) is 4.63 Å². The largest absolute Gasteiger partial charge is 0.359 e. The third-order valence-corrected chi connectivity index (χ3v) is 2.12. The number of amides is 1. The standard InChI is InChI=1S/C9H16N4O3/c1-3-5-12(6-4-2)9(14)7-8(10)11-16-13(7)15/h3-6H2,1-2H3,(H2,10,11). The van der Waals surface area contributed by atoms with E-state index in [0.29, 0.717) is 13.1 Å². The molecule has 0 radical (unpaired) electrons. The predicted octanol–water partition coefficient (Wildman–Crippen LogP) is 0.152. The number of rotatable bonds is 5. The molecule has 16 heavy (non-hydrogen) atoms. The minimum absolute atomic E-state index is 0.0516. The number of carbonyl (C=O) groups excluding carboxylic acids is 1. The number of nitrogens with zero attached hydrogens (tertiary/aromatic N) is 3. The summed E-state index contributed by atoms with van der Waals surface area (Å²) >= 11 is 0. The van der Waals surface area contributed by atoms with Gasteiger partial charge in [-0.05, 0) is 17.7 Å². The van der Waals surface area contributed by atoms with Gasteiger partial charge in [-0.15, -0.1) is 0 Å². The maximum Gasteiger partial charge on any atom is 0.318 e. The van der Waals surface area contributed by atoms with Crippen molar-refractivity contribution in [2.45, 2.75) is 26.7 Å². The van der Waals surface area contributed by atoms with E-state index in [4.69, 9.17) is 5.73 Å². The Morgan fingerprint density at radius 2 is 2.06 bits per heavy atom. The van der Waals surface area contributed by atoms with Gasteiger partial charge >= 0.3 is 17.4 Å². The number of carbonyl (C=O) groups is 1. The third kappa shape index (κ3) is 2.41. The van der Waals surface area contributed by atoms with E-state index >= 15 is 0 Å². The van der Waals surface area contributed by atoms with Gasteiger partial charge in [0.15, 0.2) is 0 Å². The van der Waals surface area contributed by atoms with E-state index in [0.717, 1.165) is 12.8 Å². The van der Waals surface area contributed by atoms with Crippen molar-refractivity contribution in [3.63, 3.8) is 0 Å². The fraction of sp³-hybridized carbons (Fsp3) is 0.667. The van der Waals surface area contributed by atoms with E-state index in [-0.39, 0.29) is 16.4 Å². The topological polar surface area (TPSA) is 99.3 Å². The lowest BCUT2D eigenvalue weighted by Crippen LogP contribution is -2.41. The molecule has 1 rings (SSSR count). The Hall–Kier alpha value is -1.79. The monoisotopic (exact) mass is 228 g/mol. The van der Waals surface area contributed by atoms with E-state index in [1.807, 2.05) is 13.8 Å². The molecule has 0 aromatic carbocycles. The summed E-state index contributed by atoms with van der Waals surface area (Å²) in [6.45, 7) is 5.07. The normalized spacial score (nSPS) is 10.4. The third-order valence-electron chi connectivity index (χ3n) is 2.12. The zero-order valence-electron chi connectivity index (χ0n) is 9.47. The van der Waals surface area contributed by atoms with Crippen LogP contribution < -0.4 is 10.6 Å². The molecule has 2 N–H and O–H groups in total. The maximum atomic E-state index is 12.0. The van der Waals surface area contributed by atoms with Gasteiger partial charge in [-0.25, -0.2) is 0 Å². The highest BCUT2D eigenvalue weighted by Gasteiger charge is 2.28. The number of aromatic nitrogens is 2. The van der Waals surface area contributed by atoms with Crippen LogP contribution in [0.25, 0.3) is 0 Å². The summed E-state index contributed by atoms with van der Waals surface area (Å²) in [5, 5.41) is 14.4. The van der Waals surface area contributed by atoms with Gasteiger partial charge in [0.1, 0.15) is 0 Å². The van der Waals surface area contributed by atoms with E-state index in [9.17, 15) is 10.0 Å². The summed E-state index contributed by atoms with van der Waals surface area (Å²) < 4.78 is 4.26. The molecule has 1 aromatic rings. The molecule has 0 unspecified atom stereocenters. The maximum absolute atomic E-state index is 12.0. The highest BCUT2D eigenvalue weighted by atomic mass is 16.8. The Morgan fingerprint density at radius 1 is 1.50 bits per heavy atom. The molecular weight excluding hydrogens is 212 g/mol. The zero-order chi connectivity index (χ0) is 12.1. The average Bonchev–Trinajstić information content (AvgIpc) is 2.57. The number of nitrogens with two attached hydrogens (primary N) is 1. The molecule has 1 aromatic heterocycles. The summed E-state index contributed by atoms with van der Waals surface area (Å²) in [6, 6.07) is 0. The predicted molar refractivity (Wildman–Crippen MR) is 56.4 cm³/mol. The summed E-state index contributed by atoms with van der Waals surface area (Å²) in [5.41, 5.74) is 5.16. The lowest BCUT2D eigenvalue weighted by Gasteiger charge is -2.19. The summed E-state index contributed by atoms with van der Waals surface area (Å²) in [7, 11) is 0. The number of hydrogen-bond acceptors (Lipinski definition) is 5. The van der Waals surface area contributed by atoms with Gasteiger partial charge < -0.3 is 15.8 Å². The second-order valence-electron chi connectivity index (χ2n) is 3.46. The first kappa shape index (κ1) is 12.3. The minimum atomic E-state index is -0.433. The second-order valence-corrected chi connectivity index (χ2v) is 3.46. The Kier molecular flexibility index (Phi) is 4.10. The van der Waals surface area contributed by atoms with Gasteiger partial charge in [0.2, 0.25) is 0 Å². The molecule has 90 valence electrons. The fourth-order valence-corrected chi connectivity index (χ4v) is 1.45. The Labute approximate surface area is 93.3 Å². The minimum Gasteiger partial charge on any atom is -0.359 e. The molecule has 0 aliphatic heterocycles. The van der Waals surface area contributed by atoms with Crippen LogP contribution in [-0.2, 0) is 0 Å². The quantitative estimate of drug-likeness (QED) is 0.723. The van der Waals surface area contributed by atoms with Crippen LogP contribution in [-0.4, -0.2) is 29.1 Å². The second kappa shape index (κ2) is 5.34. The van der Waals surface area contributed by atoms with Gasteiger partial charge in [-0.1, -0.05) is 13.8 Å². The lowest BCUT2D eigenvalue weighted by atomic mass is 10.3. The lowest BCUT2D eigenvalue weighted by molar-refractivity contribution is -0.803. The van der Waals surface area contributed by atoms with Crippen molar-refractivity contribution >= 4 is 11.7 Å². The van der Waals surface area contributed by atoms with E-state index < -0.39 is 5.91 Å². The first-order valence-corrected chi connectivity index (χ1v) is 5.26. The molecule has 0 fully saturated rings. The molecule has 0 aliphatic rings. The van der Waals surface area contributed by atoms with Crippen molar-refractivity contribution in [3.8, 4) is 0 Å². The molecule has 1 heterocycles.